The summed E-state index contributed by atoms with van der Waals surface area (Å²) in [7, 11) is 0. The molecule has 0 atom stereocenters. The Kier molecular flexibility index (Phi) is 3.86. The maximum Gasteiger partial charge on any atom is 0.0991 e. The van der Waals surface area contributed by atoms with Gasteiger partial charge >= 0.3 is 0 Å². The van der Waals surface area contributed by atoms with Crippen molar-refractivity contribution < 1.29 is 0 Å². The van der Waals surface area contributed by atoms with Gasteiger partial charge in [0.25, 0.3) is 0 Å². The number of rotatable bonds is 3. The zero-order chi connectivity index (χ0) is 16.2. The standard InChI is InChI=1S/C19H14N4/c20-11-13-3-5-14(6-4-13)19-17(2-1-9-23-19)15-7-8-18(22)16(10-15)12-21/h1-10,12,21H,22H2. The van der Waals surface area contributed by atoms with Crippen LogP contribution in [-0.4, -0.2) is 11.2 Å². The molecule has 0 amide bonds. The summed E-state index contributed by atoms with van der Waals surface area (Å²) in [5.74, 6) is 0. The summed E-state index contributed by atoms with van der Waals surface area (Å²) in [4.78, 5) is 4.49. The Morgan fingerprint density at radius 2 is 1.78 bits per heavy atom. The molecule has 0 aliphatic rings. The topological polar surface area (TPSA) is 86.6 Å². The fraction of sp³-hybridized carbons (Fsp3) is 0. The van der Waals surface area contributed by atoms with Gasteiger partial charge in [-0.25, -0.2) is 0 Å². The van der Waals surface area contributed by atoms with Crippen molar-refractivity contribution >= 4 is 11.9 Å². The van der Waals surface area contributed by atoms with Gasteiger partial charge in [-0.1, -0.05) is 24.3 Å². The number of nitrogens with one attached hydrogen (secondary N) is 1. The Labute approximate surface area is 134 Å². The van der Waals surface area contributed by atoms with Crippen LogP contribution in [0.15, 0.2) is 60.8 Å². The van der Waals surface area contributed by atoms with Crippen molar-refractivity contribution in [3.63, 3.8) is 0 Å². The molecule has 0 aliphatic heterocycles. The Morgan fingerprint density at radius 1 is 1.04 bits per heavy atom. The summed E-state index contributed by atoms with van der Waals surface area (Å²) in [6.45, 7) is 0. The fourth-order valence-corrected chi connectivity index (χ4v) is 2.44. The molecule has 0 fully saturated rings. The van der Waals surface area contributed by atoms with Crippen molar-refractivity contribution in [2.45, 2.75) is 0 Å². The molecule has 4 nitrogen and oxygen atoms in total. The van der Waals surface area contributed by atoms with Crippen LogP contribution in [0.5, 0.6) is 0 Å². The Balaban J connectivity index is 2.14. The van der Waals surface area contributed by atoms with Gasteiger partial charge in [0, 0.05) is 34.8 Å². The predicted octanol–water partition coefficient (Wildman–Crippen LogP) is 3.87. The molecule has 3 N–H and O–H groups in total. The lowest BCUT2D eigenvalue weighted by Crippen LogP contribution is -1.94. The van der Waals surface area contributed by atoms with Crippen molar-refractivity contribution in [2.24, 2.45) is 0 Å². The van der Waals surface area contributed by atoms with E-state index < -0.39 is 0 Å². The molecular weight excluding hydrogens is 284 g/mol. The van der Waals surface area contributed by atoms with Crippen LogP contribution in [0.25, 0.3) is 22.4 Å². The van der Waals surface area contributed by atoms with Crippen LogP contribution in [0.1, 0.15) is 11.1 Å². The van der Waals surface area contributed by atoms with E-state index in [-0.39, 0.29) is 0 Å². The van der Waals surface area contributed by atoms with Gasteiger partial charge in [0.15, 0.2) is 0 Å². The Hall–Kier alpha value is -3.45. The normalized spacial score (nSPS) is 10.0. The zero-order valence-corrected chi connectivity index (χ0v) is 12.3. The number of benzene rings is 2. The van der Waals surface area contributed by atoms with Crippen LogP contribution in [-0.2, 0) is 0 Å². The maximum absolute atomic E-state index is 8.92. The molecule has 0 saturated heterocycles. The van der Waals surface area contributed by atoms with E-state index >= 15 is 0 Å². The molecule has 0 spiro atoms. The van der Waals surface area contributed by atoms with Gasteiger partial charge in [-0.3, -0.25) is 4.98 Å². The lowest BCUT2D eigenvalue weighted by Gasteiger charge is -2.10. The number of pyridine rings is 1. The number of aromatic nitrogens is 1. The van der Waals surface area contributed by atoms with Crippen LogP contribution in [0.4, 0.5) is 5.69 Å². The van der Waals surface area contributed by atoms with Gasteiger partial charge in [0.2, 0.25) is 0 Å². The van der Waals surface area contributed by atoms with E-state index in [2.05, 4.69) is 11.1 Å². The molecule has 0 radical (unpaired) electrons. The van der Waals surface area contributed by atoms with Crippen LogP contribution in [0.2, 0.25) is 0 Å². The lowest BCUT2D eigenvalue weighted by molar-refractivity contribution is 1.32. The minimum absolute atomic E-state index is 0.576. The minimum atomic E-state index is 0.576. The number of nitrogens with two attached hydrogens (primary N) is 1. The minimum Gasteiger partial charge on any atom is -0.398 e. The second-order valence-electron chi connectivity index (χ2n) is 5.08. The van der Waals surface area contributed by atoms with E-state index in [0.29, 0.717) is 16.8 Å². The molecule has 2 aromatic carbocycles. The molecular formula is C19H14N4. The van der Waals surface area contributed by atoms with Gasteiger partial charge in [-0.2, -0.15) is 5.26 Å². The first kappa shape index (κ1) is 14.5. The summed E-state index contributed by atoms with van der Waals surface area (Å²) in [5, 5.41) is 16.4. The molecule has 1 heterocycles. The third kappa shape index (κ3) is 2.81. The quantitative estimate of drug-likeness (QED) is 0.568. The average molecular weight is 298 g/mol. The number of hydrogen-bond acceptors (Lipinski definition) is 4. The molecule has 0 unspecified atom stereocenters. The molecule has 1 aromatic heterocycles. The van der Waals surface area contributed by atoms with Crippen LogP contribution >= 0.6 is 0 Å². The first-order valence-electron chi connectivity index (χ1n) is 7.09. The number of nitrogens with zero attached hydrogens (tertiary/aromatic N) is 2. The number of nitriles is 1. The van der Waals surface area contributed by atoms with E-state index in [1.54, 1.807) is 24.4 Å². The molecule has 3 aromatic rings. The van der Waals surface area contributed by atoms with E-state index in [1.807, 2.05) is 36.4 Å². The molecule has 0 saturated carbocycles. The van der Waals surface area contributed by atoms with Gasteiger partial charge in [-0.15, -0.1) is 0 Å². The van der Waals surface area contributed by atoms with E-state index in [9.17, 15) is 0 Å². The van der Waals surface area contributed by atoms with Gasteiger partial charge in [0.05, 0.1) is 17.3 Å². The monoisotopic (exact) mass is 298 g/mol. The highest BCUT2D eigenvalue weighted by Crippen LogP contribution is 2.31. The van der Waals surface area contributed by atoms with Crippen molar-refractivity contribution in [1.82, 2.24) is 4.98 Å². The Bertz CT molecular complexity index is 905. The Morgan fingerprint density at radius 3 is 2.48 bits per heavy atom. The van der Waals surface area contributed by atoms with Crippen molar-refractivity contribution in [3.8, 4) is 28.5 Å². The van der Waals surface area contributed by atoms with Crippen molar-refractivity contribution in [2.75, 3.05) is 5.73 Å². The number of nitrogen functional groups attached to an aromatic ring is 1. The highest BCUT2D eigenvalue weighted by molar-refractivity contribution is 5.89. The van der Waals surface area contributed by atoms with Gasteiger partial charge < -0.3 is 11.1 Å². The van der Waals surface area contributed by atoms with Crippen LogP contribution < -0.4 is 5.73 Å². The lowest BCUT2D eigenvalue weighted by atomic mass is 9.97. The number of anilines is 1. The SMILES string of the molecule is N#Cc1ccc(-c2ncccc2-c2ccc(N)c(C=N)c2)cc1. The average Bonchev–Trinajstić information content (AvgIpc) is 2.62. The molecule has 0 bridgehead atoms. The summed E-state index contributed by atoms with van der Waals surface area (Å²) >= 11 is 0. The van der Waals surface area contributed by atoms with Crippen molar-refractivity contribution in [1.29, 1.82) is 10.7 Å². The van der Waals surface area contributed by atoms with Crippen molar-refractivity contribution in [3.05, 3.63) is 71.9 Å². The largest absolute Gasteiger partial charge is 0.398 e. The first-order valence-corrected chi connectivity index (χ1v) is 7.09. The third-order valence-corrected chi connectivity index (χ3v) is 3.65. The van der Waals surface area contributed by atoms with Crippen LogP contribution in [0.3, 0.4) is 0 Å². The third-order valence-electron chi connectivity index (χ3n) is 3.65. The fourth-order valence-electron chi connectivity index (χ4n) is 2.44. The highest BCUT2D eigenvalue weighted by Gasteiger charge is 2.10. The summed E-state index contributed by atoms with van der Waals surface area (Å²) < 4.78 is 0. The molecule has 3 rings (SSSR count). The summed E-state index contributed by atoms with van der Waals surface area (Å²) in [6, 6.07) is 18.9. The highest BCUT2D eigenvalue weighted by atomic mass is 14.7. The number of hydrogen-bond donors (Lipinski definition) is 2. The molecule has 23 heavy (non-hydrogen) atoms. The summed E-state index contributed by atoms with van der Waals surface area (Å²) in [6.07, 6.45) is 2.99. The first-order chi connectivity index (χ1) is 11.2. The molecule has 0 aliphatic carbocycles. The van der Waals surface area contributed by atoms with E-state index in [0.717, 1.165) is 22.4 Å². The smallest absolute Gasteiger partial charge is 0.0991 e. The van der Waals surface area contributed by atoms with E-state index in [4.69, 9.17) is 16.4 Å². The second kappa shape index (κ2) is 6.12. The second-order valence-corrected chi connectivity index (χ2v) is 5.08. The summed E-state index contributed by atoms with van der Waals surface area (Å²) in [5.41, 5.74) is 11.4. The zero-order valence-electron chi connectivity index (χ0n) is 12.3. The van der Waals surface area contributed by atoms with Gasteiger partial charge in [-0.05, 0) is 35.9 Å². The van der Waals surface area contributed by atoms with E-state index in [1.165, 1.54) is 6.21 Å². The van der Waals surface area contributed by atoms with Crippen LogP contribution in [0, 0.1) is 16.7 Å². The predicted molar refractivity (Wildman–Crippen MR) is 92.1 cm³/mol. The van der Waals surface area contributed by atoms with Gasteiger partial charge in [0.1, 0.15) is 0 Å². The maximum atomic E-state index is 8.92. The molecule has 110 valence electrons. The molecule has 4 heteroatoms.